The van der Waals surface area contributed by atoms with Gasteiger partial charge in [0.05, 0.1) is 26.6 Å². The summed E-state index contributed by atoms with van der Waals surface area (Å²) in [6.45, 7) is 0.915. The van der Waals surface area contributed by atoms with Crippen molar-refractivity contribution in [2.24, 2.45) is 0 Å². The molecule has 1 aromatic carbocycles. The van der Waals surface area contributed by atoms with Gasteiger partial charge in [0.2, 0.25) is 0 Å². The summed E-state index contributed by atoms with van der Waals surface area (Å²) < 4.78 is 0. The second-order valence-corrected chi connectivity index (χ2v) is 6.59. The molecule has 0 aliphatic carbocycles. The highest BCUT2D eigenvalue weighted by atomic mass is 16.4. The number of quaternary nitrogens is 1. The number of aliphatic carboxylic acids is 2. The zero-order valence-corrected chi connectivity index (χ0v) is 16.0. The molecule has 0 aliphatic heterocycles. The lowest BCUT2D eigenvalue weighted by molar-refractivity contribution is -0.859. The largest absolute Gasteiger partial charge is 0.545 e. The highest BCUT2D eigenvalue weighted by molar-refractivity contribution is 5.88. The lowest BCUT2D eigenvalue weighted by Crippen LogP contribution is -3.05. The first kappa shape index (κ1) is 23.0. The van der Waals surface area contributed by atoms with Gasteiger partial charge in [0.1, 0.15) is 5.60 Å². The Labute approximate surface area is 164 Å². The molecule has 1 atom stereocenters. The Morgan fingerprint density at radius 1 is 1.11 bits per heavy atom. The molecule has 28 heavy (non-hydrogen) atoms. The molecular formula is C21H26N2O5. The van der Waals surface area contributed by atoms with E-state index in [-0.39, 0.29) is 0 Å². The summed E-state index contributed by atoms with van der Waals surface area (Å²) in [4.78, 5) is 24.7. The van der Waals surface area contributed by atoms with Gasteiger partial charge < -0.3 is 25.0 Å². The van der Waals surface area contributed by atoms with Crippen molar-refractivity contribution in [1.29, 1.82) is 0 Å². The average molecular weight is 386 g/mol. The summed E-state index contributed by atoms with van der Waals surface area (Å²) in [5.41, 5.74) is 1.03. The van der Waals surface area contributed by atoms with Gasteiger partial charge in [-0.2, -0.15) is 0 Å². The number of benzene rings is 1. The highest BCUT2D eigenvalue weighted by Gasteiger charge is 2.30. The maximum Gasteiger partial charge on any atom is 0.328 e. The molecule has 0 bridgehead atoms. The van der Waals surface area contributed by atoms with Crippen LogP contribution in [0.2, 0.25) is 0 Å². The van der Waals surface area contributed by atoms with Gasteiger partial charge in [-0.05, 0) is 23.8 Å². The van der Waals surface area contributed by atoms with Crippen LogP contribution >= 0.6 is 0 Å². The van der Waals surface area contributed by atoms with Crippen molar-refractivity contribution in [2.45, 2.75) is 18.4 Å². The van der Waals surface area contributed by atoms with E-state index in [4.69, 9.17) is 5.11 Å². The first-order valence-corrected chi connectivity index (χ1v) is 8.82. The predicted octanol–water partition coefficient (Wildman–Crippen LogP) is -0.576. The minimum Gasteiger partial charge on any atom is -0.545 e. The second kappa shape index (κ2) is 11.6. The number of carboxylic acids is 2. The van der Waals surface area contributed by atoms with Gasteiger partial charge >= 0.3 is 5.97 Å². The summed E-state index contributed by atoms with van der Waals surface area (Å²) >= 11 is 0. The van der Waals surface area contributed by atoms with E-state index in [0.29, 0.717) is 18.6 Å². The van der Waals surface area contributed by atoms with Crippen molar-refractivity contribution in [3.05, 3.63) is 78.1 Å². The SMILES string of the molecule is C[NH+](C)CCC(O)(Cc1ccccn1)c1ccccc1.O=C([O-])/C=C/C(=O)O. The standard InChI is InChI=1S/C17H22N2O.C4H4O4/c1-19(2)13-11-17(20,15-8-4-3-5-9-15)14-16-10-6-7-12-18-16;5-3(6)1-2-4(7)8/h3-10,12,20H,11,13-14H2,1-2H3;1-2H,(H,5,6)(H,7,8)/b;2-1+. The van der Waals surface area contributed by atoms with Gasteiger partial charge in [-0.25, -0.2) is 4.79 Å². The molecule has 1 heterocycles. The third-order valence-electron chi connectivity index (χ3n) is 3.91. The van der Waals surface area contributed by atoms with Crippen molar-refractivity contribution in [3.63, 3.8) is 0 Å². The van der Waals surface area contributed by atoms with Crippen LogP contribution in [0.1, 0.15) is 17.7 Å². The van der Waals surface area contributed by atoms with E-state index < -0.39 is 17.5 Å². The molecule has 0 radical (unpaired) electrons. The summed E-state index contributed by atoms with van der Waals surface area (Å²) in [6, 6.07) is 15.7. The van der Waals surface area contributed by atoms with Gasteiger partial charge in [0.25, 0.3) is 0 Å². The number of aliphatic hydroxyl groups is 1. The molecule has 150 valence electrons. The van der Waals surface area contributed by atoms with Crippen molar-refractivity contribution in [2.75, 3.05) is 20.6 Å². The van der Waals surface area contributed by atoms with Gasteiger partial charge in [0.15, 0.2) is 0 Å². The molecule has 7 nitrogen and oxygen atoms in total. The molecule has 0 amide bonds. The molecule has 1 unspecified atom stereocenters. The molecular weight excluding hydrogens is 360 g/mol. The number of aromatic nitrogens is 1. The number of carboxylic acid groups (broad SMARTS) is 2. The number of pyridine rings is 1. The molecule has 3 N–H and O–H groups in total. The zero-order chi connectivity index (χ0) is 21.0. The van der Waals surface area contributed by atoms with Crippen LogP contribution in [-0.2, 0) is 21.6 Å². The fraction of sp³-hybridized carbons (Fsp3) is 0.286. The van der Waals surface area contributed by atoms with Gasteiger partial charge in [-0.15, -0.1) is 0 Å². The normalized spacial score (nSPS) is 12.9. The Morgan fingerprint density at radius 3 is 2.21 bits per heavy atom. The highest BCUT2D eigenvalue weighted by Crippen LogP contribution is 2.28. The van der Waals surface area contributed by atoms with E-state index in [9.17, 15) is 19.8 Å². The number of nitrogens with one attached hydrogen (secondary N) is 1. The van der Waals surface area contributed by atoms with E-state index in [0.717, 1.165) is 24.2 Å². The maximum atomic E-state index is 11.1. The summed E-state index contributed by atoms with van der Waals surface area (Å²) in [5, 5.41) is 28.4. The van der Waals surface area contributed by atoms with E-state index in [1.54, 1.807) is 6.20 Å². The summed E-state index contributed by atoms with van der Waals surface area (Å²) in [6.07, 6.45) is 3.98. The Bertz CT molecular complexity index is 747. The van der Waals surface area contributed by atoms with Gasteiger partial charge in [0, 0.05) is 30.8 Å². The molecule has 0 spiro atoms. The average Bonchev–Trinajstić information content (AvgIpc) is 2.67. The minimum atomic E-state index is -1.51. The fourth-order valence-electron chi connectivity index (χ4n) is 2.48. The van der Waals surface area contributed by atoms with Crippen LogP contribution in [0.5, 0.6) is 0 Å². The van der Waals surface area contributed by atoms with Crippen molar-refractivity contribution < 1.29 is 29.8 Å². The maximum absolute atomic E-state index is 11.1. The van der Waals surface area contributed by atoms with Crippen LogP contribution in [0, 0.1) is 0 Å². The van der Waals surface area contributed by atoms with E-state index in [1.165, 1.54) is 4.90 Å². The summed E-state index contributed by atoms with van der Waals surface area (Å²) in [7, 11) is 4.21. The predicted molar refractivity (Wildman–Crippen MR) is 102 cm³/mol. The van der Waals surface area contributed by atoms with Crippen molar-refractivity contribution in [1.82, 2.24) is 4.98 Å². The van der Waals surface area contributed by atoms with Crippen LogP contribution in [0.25, 0.3) is 0 Å². The van der Waals surface area contributed by atoms with Crippen LogP contribution < -0.4 is 10.0 Å². The second-order valence-electron chi connectivity index (χ2n) is 6.59. The Morgan fingerprint density at radius 2 is 1.75 bits per heavy atom. The molecule has 1 aromatic heterocycles. The zero-order valence-electron chi connectivity index (χ0n) is 16.0. The third kappa shape index (κ3) is 9.07. The Hall–Kier alpha value is -3.03. The molecule has 0 fully saturated rings. The third-order valence-corrected chi connectivity index (χ3v) is 3.91. The minimum absolute atomic E-state index is 0.447. The molecule has 0 aliphatic rings. The Balaban J connectivity index is 0.000000416. The van der Waals surface area contributed by atoms with E-state index in [1.807, 2.05) is 48.5 Å². The van der Waals surface area contributed by atoms with Crippen LogP contribution in [0.4, 0.5) is 0 Å². The fourth-order valence-corrected chi connectivity index (χ4v) is 2.48. The molecule has 7 heteroatoms. The molecule has 2 aromatic rings. The summed E-state index contributed by atoms with van der Waals surface area (Å²) in [5.74, 6) is -2.80. The lowest BCUT2D eigenvalue weighted by Gasteiger charge is -2.29. The van der Waals surface area contributed by atoms with Gasteiger partial charge in [-0.1, -0.05) is 36.4 Å². The first-order valence-electron chi connectivity index (χ1n) is 8.82. The monoisotopic (exact) mass is 386 g/mol. The first-order chi connectivity index (χ1) is 13.2. The topological polar surface area (TPSA) is 115 Å². The van der Waals surface area contributed by atoms with Crippen molar-refractivity contribution in [3.8, 4) is 0 Å². The van der Waals surface area contributed by atoms with E-state index in [2.05, 4.69) is 19.1 Å². The number of rotatable bonds is 8. The van der Waals surface area contributed by atoms with Crippen LogP contribution in [0.15, 0.2) is 66.9 Å². The number of carbonyl (C=O) groups excluding carboxylic acids is 1. The van der Waals surface area contributed by atoms with Crippen LogP contribution in [-0.4, -0.2) is 47.8 Å². The van der Waals surface area contributed by atoms with E-state index >= 15 is 0 Å². The van der Waals surface area contributed by atoms with Gasteiger partial charge in [-0.3, -0.25) is 4.98 Å². The number of hydrogen-bond acceptors (Lipinski definition) is 5. The Kier molecular flexibility index (Phi) is 9.56. The number of hydrogen-bond donors (Lipinski definition) is 3. The molecule has 0 saturated carbocycles. The lowest BCUT2D eigenvalue weighted by atomic mass is 9.85. The molecule has 2 rings (SSSR count). The van der Waals surface area contributed by atoms with Crippen LogP contribution in [0.3, 0.4) is 0 Å². The quantitative estimate of drug-likeness (QED) is 0.523. The number of carbonyl (C=O) groups is 2. The molecule has 0 saturated heterocycles. The smallest absolute Gasteiger partial charge is 0.328 e. The number of nitrogens with zero attached hydrogens (tertiary/aromatic N) is 1. The van der Waals surface area contributed by atoms with Crippen molar-refractivity contribution >= 4 is 11.9 Å².